The van der Waals surface area contributed by atoms with Crippen LogP contribution in [0.1, 0.15) is 34.3 Å². The van der Waals surface area contributed by atoms with Crippen LogP contribution in [0.2, 0.25) is 0 Å². The molecule has 184 valence electrons. The van der Waals surface area contributed by atoms with Crippen LogP contribution in [0.4, 0.5) is 10.5 Å². The van der Waals surface area contributed by atoms with Crippen molar-refractivity contribution in [2.24, 2.45) is 0 Å². The van der Waals surface area contributed by atoms with Gasteiger partial charge in [0.25, 0.3) is 11.8 Å². The number of imide groups is 1. The second-order valence-corrected chi connectivity index (χ2v) is 9.37. The Hall–Kier alpha value is -3.97. The maximum absolute atomic E-state index is 13.2. The fraction of sp³-hybridized carbons (Fsp3) is 0.276. The Kier molecular flexibility index (Phi) is 6.82. The number of nitrogens with one attached hydrogen (secondary N) is 1. The molecule has 1 N–H and O–H groups in total. The maximum Gasteiger partial charge on any atom is 0.332 e. The zero-order chi connectivity index (χ0) is 25.1. The van der Waals surface area contributed by atoms with E-state index in [2.05, 4.69) is 22.3 Å². The van der Waals surface area contributed by atoms with Crippen molar-refractivity contribution in [3.8, 4) is 11.1 Å². The molecule has 3 aromatic rings. The normalized spacial score (nSPS) is 16.1. The first kappa shape index (κ1) is 23.8. The molecular weight excluding hydrogens is 452 g/mol. The van der Waals surface area contributed by atoms with Gasteiger partial charge in [-0.15, -0.1) is 0 Å². The number of urea groups is 1. The molecule has 7 heteroatoms. The molecule has 4 amide bonds. The van der Waals surface area contributed by atoms with E-state index < -0.39 is 0 Å². The third kappa shape index (κ3) is 5.02. The second-order valence-electron chi connectivity index (χ2n) is 9.37. The lowest BCUT2D eigenvalue weighted by Gasteiger charge is -2.19. The predicted octanol–water partition coefficient (Wildman–Crippen LogP) is 4.28. The standard InChI is InChI=1S/C29H30N4O3/c1-30-28(35)25-9-7-23(8-10-25)24-11-13-26(14-12-24)33-27(34)20-32(29(33)36)19-22-6-4-5-21(17-22)18-31-15-2-3-16-31/h4-14,17H,2-3,15-16,18-20H2,1H3,(H,30,35). The Balaban J connectivity index is 1.26. The van der Waals surface area contributed by atoms with Crippen LogP contribution in [0.3, 0.4) is 0 Å². The van der Waals surface area contributed by atoms with Gasteiger partial charge in [-0.2, -0.15) is 0 Å². The van der Waals surface area contributed by atoms with Crippen molar-refractivity contribution in [1.82, 2.24) is 15.1 Å². The minimum absolute atomic E-state index is 0.0674. The fourth-order valence-corrected chi connectivity index (χ4v) is 4.93. The number of nitrogens with zero attached hydrogens (tertiary/aromatic N) is 3. The number of likely N-dealkylation sites (tertiary alicyclic amines) is 1. The topological polar surface area (TPSA) is 73.0 Å². The van der Waals surface area contributed by atoms with Gasteiger partial charge >= 0.3 is 6.03 Å². The predicted molar refractivity (Wildman–Crippen MR) is 140 cm³/mol. The molecule has 0 spiro atoms. The van der Waals surface area contributed by atoms with E-state index in [1.165, 1.54) is 23.3 Å². The van der Waals surface area contributed by atoms with Crippen LogP contribution in [0, 0.1) is 0 Å². The highest BCUT2D eigenvalue weighted by atomic mass is 16.2. The number of hydrogen-bond acceptors (Lipinski definition) is 4. The van der Waals surface area contributed by atoms with Gasteiger partial charge in [-0.05, 0) is 72.5 Å². The van der Waals surface area contributed by atoms with Gasteiger partial charge in [-0.3, -0.25) is 14.5 Å². The van der Waals surface area contributed by atoms with Crippen LogP contribution >= 0.6 is 0 Å². The fourth-order valence-electron chi connectivity index (χ4n) is 4.93. The van der Waals surface area contributed by atoms with Gasteiger partial charge in [0.15, 0.2) is 0 Å². The van der Waals surface area contributed by atoms with Crippen LogP contribution in [-0.4, -0.2) is 54.3 Å². The Bertz CT molecular complexity index is 1260. The van der Waals surface area contributed by atoms with E-state index in [-0.39, 0.29) is 24.4 Å². The number of carbonyl (C=O) groups is 3. The lowest BCUT2D eigenvalue weighted by atomic mass is 10.0. The van der Waals surface area contributed by atoms with E-state index in [0.29, 0.717) is 17.8 Å². The van der Waals surface area contributed by atoms with Gasteiger partial charge in [-0.25, -0.2) is 9.69 Å². The Morgan fingerprint density at radius 2 is 1.44 bits per heavy atom. The molecule has 0 saturated carbocycles. The van der Waals surface area contributed by atoms with E-state index in [0.717, 1.165) is 36.3 Å². The second kappa shape index (κ2) is 10.3. The first-order chi connectivity index (χ1) is 17.5. The molecule has 0 atom stereocenters. The van der Waals surface area contributed by atoms with Gasteiger partial charge in [0, 0.05) is 25.7 Å². The molecule has 2 aliphatic rings. The minimum atomic E-state index is -0.298. The third-order valence-corrected chi connectivity index (χ3v) is 6.84. The average Bonchev–Trinajstić information content (AvgIpc) is 3.51. The quantitative estimate of drug-likeness (QED) is 0.511. The Morgan fingerprint density at radius 3 is 2.08 bits per heavy atom. The minimum Gasteiger partial charge on any atom is -0.355 e. The molecule has 2 heterocycles. The third-order valence-electron chi connectivity index (χ3n) is 6.84. The summed E-state index contributed by atoms with van der Waals surface area (Å²) in [5.41, 5.74) is 5.30. The molecule has 5 rings (SSSR count). The Morgan fingerprint density at radius 1 is 0.833 bits per heavy atom. The number of hydrogen-bond donors (Lipinski definition) is 1. The van der Waals surface area contributed by atoms with Crippen LogP contribution in [0.15, 0.2) is 72.8 Å². The van der Waals surface area contributed by atoms with Crippen LogP contribution in [-0.2, 0) is 17.9 Å². The molecule has 2 saturated heterocycles. The lowest BCUT2D eigenvalue weighted by Crippen LogP contribution is -2.32. The maximum atomic E-state index is 13.2. The molecule has 7 nitrogen and oxygen atoms in total. The average molecular weight is 483 g/mol. The molecule has 0 radical (unpaired) electrons. The molecule has 2 aliphatic heterocycles. The van der Waals surface area contributed by atoms with E-state index in [1.54, 1.807) is 36.2 Å². The van der Waals surface area contributed by atoms with Crippen molar-refractivity contribution in [1.29, 1.82) is 0 Å². The van der Waals surface area contributed by atoms with Crippen molar-refractivity contribution in [2.75, 3.05) is 31.6 Å². The van der Waals surface area contributed by atoms with Crippen molar-refractivity contribution < 1.29 is 14.4 Å². The molecule has 0 aromatic heterocycles. The summed E-state index contributed by atoms with van der Waals surface area (Å²) >= 11 is 0. The van der Waals surface area contributed by atoms with Crippen LogP contribution < -0.4 is 10.2 Å². The van der Waals surface area contributed by atoms with Crippen molar-refractivity contribution >= 4 is 23.5 Å². The summed E-state index contributed by atoms with van der Waals surface area (Å²) in [5.74, 6) is -0.360. The first-order valence-corrected chi connectivity index (χ1v) is 12.4. The van der Waals surface area contributed by atoms with Crippen LogP contribution in [0.5, 0.6) is 0 Å². The highest BCUT2D eigenvalue weighted by molar-refractivity contribution is 6.19. The van der Waals surface area contributed by atoms with Gasteiger partial charge in [-0.1, -0.05) is 48.5 Å². The van der Waals surface area contributed by atoms with Crippen molar-refractivity contribution in [2.45, 2.75) is 25.9 Å². The molecule has 0 aliphatic carbocycles. The smallest absolute Gasteiger partial charge is 0.332 e. The van der Waals surface area contributed by atoms with Crippen molar-refractivity contribution in [3.05, 3.63) is 89.5 Å². The highest BCUT2D eigenvalue weighted by Gasteiger charge is 2.37. The summed E-state index contributed by atoms with van der Waals surface area (Å²) in [5, 5.41) is 2.61. The molecule has 0 unspecified atom stereocenters. The SMILES string of the molecule is CNC(=O)c1ccc(-c2ccc(N3C(=O)CN(Cc4cccc(CN5CCCC5)c4)C3=O)cc2)cc1. The first-order valence-electron chi connectivity index (χ1n) is 12.4. The largest absolute Gasteiger partial charge is 0.355 e. The number of rotatable bonds is 7. The molecule has 36 heavy (non-hydrogen) atoms. The summed E-state index contributed by atoms with van der Waals surface area (Å²) in [7, 11) is 1.60. The van der Waals surface area contributed by atoms with Gasteiger partial charge in [0.2, 0.25) is 0 Å². The number of amides is 4. The summed E-state index contributed by atoms with van der Waals surface area (Å²) in [6.07, 6.45) is 2.51. The summed E-state index contributed by atoms with van der Waals surface area (Å²) < 4.78 is 0. The van der Waals surface area contributed by atoms with Gasteiger partial charge in [0.1, 0.15) is 6.54 Å². The van der Waals surface area contributed by atoms with Gasteiger partial charge in [0.05, 0.1) is 5.69 Å². The summed E-state index contributed by atoms with van der Waals surface area (Å²) in [6.45, 7) is 3.67. The molecule has 3 aromatic carbocycles. The molecule has 0 bridgehead atoms. The monoisotopic (exact) mass is 482 g/mol. The van der Waals surface area contributed by atoms with E-state index >= 15 is 0 Å². The molecule has 2 fully saturated rings. The van der Waals surface area contributed by atoms with E-state index in [1.807, 2.05) is 36.4 Å². The van der Waals surface area contributed by atoms with Crippen LogP contribution in [0.25, 0.3) is 11.1 Å². The van der Waals surface area contributed by atoms with Gasteiger partial charge < -0.3 is 10.2 Å². The summed E-state index contributed by atoms with van der Waals surface area (Å²) in [6, 6.07) is 22.7. The molecular formula is C29H30N4O3. The van der Waals surface area contributed by atoms with E-state index in [9.17, 15) is 14.4 Å². The number of anilines is 1. The summed E-state index contributed by atoms with van der Waals surface area (Å²) in [4.78, 5) is 43.0. The number of carbonyl (C=O) groups excluding carboxylic acids is 3. The number of benzene rings is 3. The zero-order valence-electron chi connectivity index (χ0n) is 20.4. The zero-order valence-corrected chi connectivity index (χ0v) is 20.4. The lowest BCUT2D eigenvalue weighted by molar-refractivity contribution is -0.116. The Labute approximate surface area is 211 Å². The highest BCUT2D eigenvalue weighted by Crippen LogP contribution is 2.27. The van der Waals surface area contributed by atoms with Crippen molar-refractivity contribution in [3.63, 3.8) is 0 Å². The van der Waals surface area contributed by atoms with E-state index in [4.69, 9.17) is 0 Å².